The van der Waals surface area contributed by atoms with Crippen LogP contribution >= 0.6 is 0 Å². The molecule has 3 rings (SSSR count). The van der Waals surface area contributed by atoms with Crippen molar-refractivity contribution in [2.45, 2.75) is 65.2 Å². The molecule has 5 heteroatoms. The van der Waals surface area contributed by atoms with Gasteiger partial charge in [-0.05, 0) is 43.2 Å². The molecule has 1 aliphatic rings. The minimum Gasteiger partial charge on any atom is -0.489 e. The van der Waals surface area contributed by atoms with E-state index in [0.29, 0.717) is 18.0 Å². The molecule has 0 bridgehead atoms. The molecule has 0 aliphatic heterocycles. The first-order chi connectivity index (χ1) is 13.1. The molecule has 27 heavy (non-hydrogen) atoms. The molecule has 5 nitrogen and oxygen atoms in total. The van der Waals surface area contributed by atoms with Gasteiger partial charge in [0.2, 0.25) is 0 Å². The quantitative estimate of drug-likeness (QED) is 0.661. The van der Waals surface area contributed by atoms with Crippen LogP contribution in [0.25, 0.3) is 5.65 Å². The van der Waals surface area contributed by atoms with Crippen LogP contribution in [0.4, 0.5) is 0 Å². The van der Waals surface area contributed by atoms with E-state index in [4.69, 9.17) is 9.72 Å². The van der Waals surface area contributed by atoms with Crippen molar-refractivity contribution in [2.24, 2.45) is 11.8 Å². The number of aliphatic hydroxyl groups excluding tert-OH is 1. The summed E-state index contributed by atoms with van der Waals surface area (Å²) in [5.41, 5.74) is 2.22. The van der Waals surface area contributed by atoms with Gasteiger partial charge in [0.25, 0.3) is 0 Å². The van der Waals surface area contributed by atoms with Crippen LogP contribution in [0.1, 0.15) is 75.0 Å². The van der Waals surface area contributed by atoms with E-state index < -0.39 is 0 Å². The topological polar surface area (TPSA) is 63.8 Å². The van der Waals surface area contributed by atoms with Gasteiger partial charge in [-0.15, -0.1) is 0 Å². The summed E-state index contributed by atoms with van der Waals surface area (Å²) in [6.07, 6.45) is 10.3. The second-order valence-electron chi connectivity index (χ2n) is 7.95. The molecule has 0 aromatic carbocycles. The number of ether oxygens (including phenoxy) is 1. The fourth-order valence-electron chi connectivity index (χ4n) is 3.95. The Kier molecular flexibility index (Phi) is 6.89. The number of aliphatic hydroxyl groups is 1. The fraction of sp³-hybridized carbons (Fsp3) is 0.636. The molecule has 0 amide bonds. The Balaban J connectivity index is 1.88. The number of carbonyl (C=O) groups excluding carboxylic acids is 1. The fourth-order valence-corrected chi connectivity index (χ4v) is 3.95. The summed E-state index contributed by atoms with van der Waals surface area (Å²) < 4.78 is 8.04. The third-order valence-electron chi connectivity index (χ3n) is 5.48. The Labute approximate surface area is 161 Å². The molecule has 0 radical (unpaired) electrons. The van der Waals surface area contributed by atoms with E-state index >= 15 is 0 Å². The highest BCUT2D eigenvalue weighted by molar-refractivity contribution is 5.97. The zero-order chi connectivity index (χ0) is 19.2. The second-order valence-corrected chi connectivity index (χ2v) is 7.95. The van der Waals surface area contributed by atoms with E-state index in [1.807, 2.05) is 29.7 Å². The molecule has 1 N–H and O–H groups in total. The zero-order valence-corrected chi connectivity index (χ0v) is 16.6. The molecule has 2 aromatic rings. The molecule has 2 heterocycles. The van der Waals surface area contributed by atoms with E-state index in [9.17, 15) is 9.90 Å². The smallest absolute Gasteiger partial charge is 0.181 e. The zero-order valence-electron chi connectivity index (χ0n) is 16.6. The van der Waals surface area contributed by atoms with Gasteiger partial charge in [0.05, 0.1) is 12.3 Å². The van der Waals surface area contributed by atoms with Gasteiger partial charge in [0.15, 0.2) is 17.2 Å². The maximum Gasteiger partial charge on any atom is 0.181 e. The van der Waals surface area contributed by atoms with Crippen LogP contribution in [0.3, 0.4) is 0 Å². The van der Waals surface area contributed by atoms with E-state index in [0.717, 1.165) is 36.5 Å². The van der Waals surface area contributed by atoms with Crippen LogP contribution in [0, 0.1) is 11.8 Å². The number of carbonyl (C=O) groups is 1. The highest BCUT2D eigenvalue weighted by atomic mass is 16.5. The first kappa shape index (κ1) is 19.9. The molecule has 1 aliphatic carbocycles. The summed E-state index contributed by atoms with van der Waals surface area (Å²) in [5, 5.41) is 9.31. The Hall–Kier alpha value is -1.88. The van der Waals surface area contributed by atoms with Gasteiger partial charge in [-0.2, -0.15) is 0 Å². The lowest BCUT2D eigenvalue weighted by molar-refractivity contribution is 0.0936. The number of aromatic nitrogens is 2. The average Bonchev–Trinajstić information content (AvgIpc) is 3.06. The molecule has 0 saturated heterocycles. The SMILES string of the molecule is CCCc1nc2c(OCC3CCCCC3)cccn2c1C(=O)C[C@@H](C)CO. The molecule has 1 fully saturated rings. The van der Waals surface area contributed by atoms with Gasteiger partial charge in [-0.25, -0.2) is 4.98 Å². The number of nitrogens with zero attached hydrogens (tertiary/aromatic N) is 2. The molecular weight excluding hydrogens is 340 g/mol. The standard InChI is InChI=1S/C22H32N2O3/c1-3-8-18-21(19(26)13-16(2)14-25)24-12-7-11-20(22(24)23-18)27-15-17-9-5-4-6-10-17/h7,11-12,16-17,25H,3-6,8-10,13-15H2,1-2H3/t16-/m1/s1. The Morgan fingerprint density at radius 3 is 2.85 bits per heavy atom. The Morgan fingerprint density at radius 2 is 2.15 bits per heavy atom. The third-order valence-corrected chi connectivity index (χ3v) is 5.48. The lowest BCUT2D eigenvalue weighted by atomic mass is 9.90. The van der Waals surface area contributed by atoms with Crippen LogP contribution in [-0.4, -0.2) is 33.5 Å². The van der Waals surface area contributed by atoms with Crippen molar-refractivity contribution >= 4 is 11.4 Å². The summed E-state index contributed by atoms with van der Waals surface area (Å²) in [4.78, 5) is 17.7. The van der Waals surface area contributed by atoms with E-state index in [1.54, 1.807) is 0 Å². The average molecular weight is 373 g/mol. The van der Waals surface area contributed by atoms with Crippen LogP contribution < -0.4 is 4.74 Å². The number of pyridine rings is 1. The monoisotopic (exact) mass is 372 g/mol. The summed E-state index contributed by atoms with van der Waals surface area (Å²) in [5.74, 6) is 1.37. The van der Waals surface area contributed by atoms with E-state index in [2.05, 4.69) is 6.92 Å². The number of aryl methyl sites for hydroxylation is 1. The van der Waals surface area contributed by atoms with Crippen molar-refractivity contribution < 1.29 is 14.6 Å². The Morgan fingerprint density at radius 1 is 1.37 bits per heavy atom. The largest absolute Gasteiger partial charge is 0.489 e. The van der Waals surface area contributed by atoms with Gasteiger partial charge < -0.3 is 9.84 Å². The van der Waals surface area contributed by atoms with Crippen molar-refractivity contribution in [2.75, 3.05) is 13.2 Å². The molecule has 1 saturated carbocycles. The maximum absolute atomic E-state index is 12.9. The van der Waals surface area contributed by atoms with Gasteiger partial charge in [-0.3, -0.25) is 9.20 Å². The maximum atomic E-state index is 12.9. The highest BCUT2D eigenvalue weighted by Gasteiger charge is 2.22. The molecule has 0 spiro atoms. The van der Waals surface area contributed by atoms with E-state index in [1.165, 1.54) is 32.1 Å². The summed E-state index contributed by atoms with van der Waals surface area (Å²) in [7, 11) is 0. The van der Waals surface area contributed by atoms with E-state index in [-0.39, 0.29) is 18.3 Å². The predicted molar refractivity (Wildman–Crippen MR) is 106 cm³/mol. The molecule has 2 aromatic heterocycles. The van der Waals surface area contributed by atoms with Crippen molar-refractivity contribution in [3.05, 3.63) is 29.7 Å². The van der Waals surface area contributed by atoms with Crippen LogP contribution in [0.5, 0.6) is 5.75 Å². The number of imidazole rings is 1. The number of rotatable bonds is 9. The number of hydrogen-bond donors (Lipinski definition) is 1. The van der Waals surface area contributed by atoms with Crippen molar-refractivity contribution in [3.63, 3.8) is 0 Å². The molecule has 1 atom stereocenters. The number of ketones is 1. The predicted octanol–water partition coefficient (Wildman–Crippen LogP) is 4.45. The Bertz CT molecular complexity index is 762. The van der Waals surface area contributed by atoms with Crippen molar-refractivity contribution in [3.8, 4) is 5.75 Å². The first-order valence-corrected chi connectivity index (χ1v) is 10.4. The minimum absolute atomic E-state index is 0.0152. The van der Waals surface area contributed by atoms with Crippen LogP contribution in [0.15, 0.2) is 18.3 Å². The lowest BCUT2D eigenvalue weighted by Crippen LogP contribution is -2.15. The minimum atomic E-state index is -0.0525. The molecule has 148 valence electrons. The first-order valence-electron chi connectivity index (χ1n) is 10.4. The van der Waals surface area contributed by atoms with Crippen LogP contribution in [-0.2, 0) is 6.42 Å². The van der Waals surface area contributed by atoms with Gasteiger partial charge >= 0.3 is 0 Å². The highest BCUT2D eigenvalue weighted by Crippen LogP contribution is 2.28. The summed E-state index contributed by atoms with van der Waals surface area (Å²) >= 11 is 0. The van der Waals surface area contributed by atoms with Gasteiger partial charge in [0, 0.05) is 19.2 Å². The normalized spacial score (nSPS) is 16.6. The lowest BCUT2D eigenvalue weighted by Gasteiger charge is -2.21. The van der Waals surface area contributed by atoms with Gasteiger partial charge in [-0.1, -0.05) is 39.5 Å². The van der Waals surface area contributed by atoms with Gasteiger partial charge in [0.1, 0.15) is 5.69 Å². The van der Waals surface area contributed by atoms with Crippen molar-refractivity contribution in [1.29, 1.82) is 0 Å². The molecular formula is C22H32N2O3. The number of hydrogen-bond acceptors (Lipinski definition) is 4. The third kappa shape index (κ3) is 4.70. The molecule has 0 unspecified atom stereocenters. The summed E-state index contributed by atoms with van der Waals surface area (Å²) in [6, 6.07) is 3.87. The summed E-state index contributed by atoms with van der Waals surface area (Å²) in [6.45, 7) is 4.72. The number of Topliss-reactive ketones (excluding diaryl/α,β-unsaturated/α-hetero) is 1. The second kappa shape index (κ2) is 9.36. The van der Waals surface area contributed by atoms with Crippen molar-refractivity contribution in [1.82, 2.24) is 9.38 Å². The van der Waals surface area contributed by atoms with Crippen LogP contribution in [0.2, 0.25) is 0 Å². The number of fused-ring (bicyclic) bond motifs is 1.